The number of benzene rings is 2. The molecule has 3 aromatic heterocycles. The predicted octanol–water partition coefficient (Wildman–Crippen LogP) is 5.48. The van der Waals surface area contributed by atoms with Gasteiger partial charge in [0, 0.05) is 22.3 Å². The van der Waals surface area contributed by atoms with Crippen molar-refractivity contribution in [2.75, 3.05) is 5.32 Å². The summed E-state index contributed by atoms with van der Waals surface area (Å²) in [6, 6.07) is 14.9. The van der Waals surface area contributed by atoms with Crippen molar-refractivity contribution < 1.29 is 4.79 Å². The van der Waals surface area contributed by atoms with Crippen LogP contribution in [0.25, 0.3) is 26.1 Å². The fraction of sp³-hybridized carbons (Fsp3) is 0.154. The Labute approximate surface area is 194 Å². The van der Waals surface area contributed by atoms with E-state index in [1.807, 2.05) is 52.0 Å². The minimum atomic E-state index is -0.197. The fourth-order valence-corrected chi connectivity index (χ4v) is 5.17. The van der Waals surface area contributed by atoms with Crippen LogP contribution in [0.15, 0.2) is 59.7 Å². The molecule has 7 heteroatoms. The SMILES string of the molecule is Cc1ccc(C)c(NC(=O)c2ccc(-n3cnc4c(sc5nc(C)cc(C)c54)c3=O)cc2)c1. The van der Waals surface area contributed by atoms with Gasteiger partial charge in [-0.2, -0.15) is 0 Å². The lowest BCUT2D eigenvalue weighted by molar-refractivity contribution is 0.102. The highest BCUT2D eigenvalue weighted by Crippen LogP contribution is 2.32. The monoisotopic (exact) mass is 454 g/mol. The van der Waals surface area contributed by atoms with E-state index in [4.69, 9.17) is 0 Å². The molecule has 0 atom stereocenters. The van der Waals surface area contributed by atoms with Gasteiger partial charge in [0.15, 0.2) is 0 Å². The molecule has 164 valence electrons. The molecule has 33 heavy (non-hydrogen) atoms. The number of amides is 1. The number of nitrogens with zero attached hydrogens (tertiary/aromatic N) is 3. The van der Waals surface area contributed by atoms with Crippen molar-refractivity contribution in [3.8, 4) is 5.69 Å². The lowest BCUT2D eigenvalue weighted by Gasteiger charge is -2.10. The van der Waals surface area contributed by atoms with Gasteiger partial charge in [0.1, 0.15) is 15.9 Å². The maximum absolute atomic E-state index is 13.3. The summed E-state index contributed by atoms with van der Waals surface area (Å²) in [7, 11) is 0. The molecule has 0 fully saturated rings. The van der Waals surface area contributed by atoms with Crippen molar-refractivity contribution in [3.05, 3.63) is 93.2 Å². The molecule has 2 aromatic carbocycles. The van der Waals surface area contributed by atoms with Gasteiger partial charge in [0.25, 0.3) is 11.5 Å². The van der Waals surface area contributed by atoms with Crippen LogP contribution in [0.2, 0.25) is 0 Å². The molecule has 0 saturated heterocycles. The number of pyridine rings is 1. The molecule has 5 rings (SSSR count). The van der Waals surface area contributed by atoms with Crippen LogP contribution in [0.1, 0.15) is 32.7 Å². The highest BCUT2D eigenvalue weighted by molar-refractivity contribution is 7.25. The van der Waals surface area contributed by atoms with E-state index in [0.717, 1.165) is 38.3 Å². The Hall–Kier alpha value is -3.84. The number of thiophene rings is 1. The van der Waals surface area contributed by atoms with Crippen LogP contribution < -0.4 is 10.9 Å². The summed E-state index contributed by atoms with van der Waals surface area (Å²) in [5, 5.41) is 3.90. The van der Waals surface area contributed by atoms with E-state index in [2.05, 4.69) is 15.3 Å². The average molecular weight is 455 g/mol. The van der Waals surface area contributed by atoms with E-state index in [1.54, 1.807) is 30.6 Å². The Morgan fingerprint density at radius 3 is 2.48 bits per heavy atom. The van der Waals surface area contributed by atoms with Gasteiger partial charge in [-0.1, -0.05) is 12.1 Å². The molecule has 6 nitrogen and oxygen atoms in total. The molecule has 0 spiro atoms. The third-order valence-corrected chi connectivity index (χ3v) is 6.79. The molecule has 0 radical (unpaired) electrons. The van der Waals surface area contributed by atoms with Crippen molar-refractivity contribution in [2.45, 2.75) is 27.7 Å². The molecule has 0 aliphatic heterocycles. The lowest BCUT2D eigenvalue weighted by Crippen LogP contribution is -2.18. The Kier molecular flexibility index (Phi) is 5.06. The second-order valence-corrected chi connectivity index (χ2v) is 9.28. The first-order valence-electron chi connectivity index (χ1n) is 10.6. The van der Waals surface area contributed by atoms with Gasteiger partial charge < -0.3 is 5.32 Å². The minimum Gasteiger partial charge on any atom is -0.322 e. The third kappa shape index (κ3) is 3.70. The van der Waals surface area contributed by atoms with Crippen LogP contribution in [-0.2, 0) is 0 Å². The number of fused-ring (bicyclic) bond motifs is 3. The van der Waals surface area contributed by atoms with Crippen LogP contribution in [0.3, 0.4) is 0 Å². The number of nitrogens with one attached hydrogen (secondary N) is 1. The van der Waals surface area contributed by atoms with Crippen molar-refractivity contribution in [1.82, 2.24) is 14.5 Å². The molecule has 0 saturated carbocycles. The number of aromatic nitrogens is 3. The van der Waals surface area contributed by atoms with Gasteiger partial charge in [-0.3, -0.25) is 14.2 Å². The molecule has 5 aromatic rings. The molecular weight excluding hydrogens is 432 g/mol. The molecule has 3 heterocycles. The van der Waals surface area contributed by atoms with E-state index in [1.165, 1.54) is 15.9 Å². The van der Waals surface area contributed by atoms with Crippen LogP contribution in [0.5, 0.6) is 0 Å². The molecule has 0 aliphatic carbocycles. The molecular formula is C26H22N4O2S. The lowest BCUT2D eigenvalue weighted by atomic mass is 10.1. The molecule has 0 unspecified atom stereocenters. The first-order chi connectivity index (χ1) is 15.8. The Morgan fingerprint density at radius 2 is 1.73 bits per heavy atom. The normalized spacial score (nSPS) is 11.3. The number of rotatable bonds is 3. The second-order valence-electron chi connectivity index (χ2n) is 8.28. The van der Waals surface area contributed by atoms with Crippen molar-refractivity contribution >= 4 is 43.4 Å². The molecule has 0 aliphatic rings. The highest BCUT2D eigenvalue weighted by Gasteiger charge is 2.16. The maximum Gasteiger partial charge on any atom is 0.275 e. The quantitative estimate of drug-likeness (QED) is 0.392. The zero-order valence-corrected chi connectivity index (χ0v) is 19.6. The summed E-state index contributed by atoms with van der Waals surface area (Å²) in [5.74, 6) is -0.197. The third-order valence-electron chi connectivity index (χ3n) is 5.73. The minimum absolute atomic E-state index is 0.146. The summed E-state index contributed by atoms with van der Waals surface area (Å²) in [5.41, 5.74) is 6.55. The first-order valence-corrected chi connectivity index (χ1v) is 11.4. The van der Waals surface area contributed by atoms with Gasteiger partial charge in [0.05, 0.1) is 11.2 Å². The van der Waals surface area contributed by atoms with Crippen molar-refractivity contribution in [2.24, 2.45) is 0 Å². The summed E-state index contributed by atoms with van der Waals surface area (Å²) in [4.78, 5) is 36.0. The standard InChI is InChI=1S/C26H22N4O2S/c1-14-5-6-15(2)20(11-14)29-24(31)18-7-9-19(10-8-18)30-13-27-22-21-16(3)12-17(4)28-25(21)33-23(22)26(30)32/h5-13H,1-4H3,(H,29,31). The van der Waals surface area contributed by atoms with E-state index in [-0.39, 0.29) is 11.5 Å². The topological polar surface area (TPSA) is 76.9 Å². The summed E-state index contributed by atoms with van der Waals surface area (Å²) >= 11 is 1.37. The van der Waals surface area contributed by atoms with E-state index in [9.17, 15) is 9.59 Å². The fourth-order valence-electron chi connectivity index (χ4n) is 3.99. The van der Waals surface area contributed by atoms with Gasteiger partial charge >= 0.3 is 0 Å². The van der Waals surface area contributed by atoms with Gasteiger partial charge in [-0.15, -0.1) is 11.3 Å². The second kappa shape index (κ2) is 7.94. The van der Waals surface area contributed by atoms with Crippen LogP contribution in [0.4, 0.5) is 5.69 Å². The zero-order valence-electron chi connectivity index (χ0n) is 18.8. The summed E-state index contributed by atoms with van der Waals surface area (Å²) in [6.45, 7) is 7.90. The molecule has 1 amide bonds. The van der Waals surface area contributed by atoms with E-state index >= 15 is 0 Å². The van der Waals surface area contributed by atoms with Crippen molar-refractivity contribution in [3.63, 3.8) is 0 Å². The van der Waals surface area contributed by atoms with Crippen LogP contribution >= 0.6 is 11.3 Å². The maximum atomic E-state index is 13.3. The van der Waals surface area contributed by atoms with Gasteiger partial charge in [-0.25, -0.2) is 9.97 Å². The molecule has 1 N–H and O–H groups in total. The Balaban J connectivity index is 1.49. The first kappa shape index (κ1) is 21.0. The predicted molar refractivity (Wildman–Crippen MR) is 134 cm³/mol. The molecule has 0 bridgehead atoms. The van der Waals surface area contributed by atoms with Crippen LogP contribution in [0, 0.1) is 27.7 Å². The number of aryl methyl sites for hydroxylation is 4. The van der Waals surface area contributed by atoms with Crippen molar-refractivity contribution in [1.29, 1.82) is 0 Å². The summed E-state index contributed by atoms with van der Waals surface area (Å²) < 4.78 is 2.08. The number of anilines is 1. The Morgan fingerprint density at radius 1 is 0.970 bits per heavy atom. The smallest absolute Gasteiger partial charge is 0.275 e. The number of carbonyl (C=O) groups is 1. The number of hydrogen-bond donors (Lipinski definition) is 1. The number of carbonyl (C=O) groups excluding carboxylic acids is 1. The van der Waals surface area contributed by atoms with E-state index in [0.29, 0.717) is 21.5 Å². The number of hydrogen-bond acceptors (Lipinski definition) is 5. The van der Waals surface area contributed by atoms with Crippen LogP contribution in [-0.4, -0.2) is 20.4 Å². The van der Waals surface area contributed by atoms with Gasteiger partial charge in [0.2, 0.25) is 0 Å². The highest BCUT2D eigenvalue weighted by atomic mass is 32.1. The summed E-state index contributed by atoms with van der Waals surface area (Å²) in [6.07, 6.45) is 1.54. The van der Waals surface area contributed by atoms with E-state index < -0.39 is 0 Å². The zero-order chi connectivity index (χ0) is 23.3. The average Bonchev–Trinajstić information content (AvgIpc) is 3.16. The largest absolute Gasteiger partial charge is 0.322 e. The Bertz CT molecular complexity index is 1610. The van der Waals surface area contributed by atoms with Gasteiger partial charge in [-0.05, 0) is 80.8 Å².